The number of nitrogens with one attached hydrogen (secondary N) is 2. The molecule has 0 atom stereocenters. The molecule has 3 heterocycles. The van der Waals surface area contributed by atoms with Gasteiger partial charge in [-0.15, -0.1) is 0 Å². The number of H-pyrrole nitrogens is 2. The number of imidazole rings is 1. The fraction of sp³-hybridized carbons (Fsp3) is 0.259. The molecule has 0 fully saturated rings. The second-order valence-corrected chi connectivity index (χ2v) is 15.6. The molecule has 2 aromatic carbocycles. The van der Waals surface area contributed by atoms with Gasteiger partial charge in [0, 0.05) is 60.5 Å². The van der Waals surface area contributed by atoms with E-state index < -0.39 is 8.07 Å². The average Bonchev–Trinajstić information content (AvgIpc) is 3.56. The van der Waals surface area contributed by atoms with Crippen molar-refractivity contribution in [1.29, 1.82) is 0 Å². The predicted molar refractivity (Wildman–Crippen MR) is 142 cm³/mol. The van der Waals surface area contributed by atoms with Gasteiger partial charge >= 0.3 is 0 Å². The molecule has 0 amide bonds. The molecule has 8 heteroatoms. The summed E-state index contributed by atoms with van der Waals surface area (Å²) < 4.78 is 13.3. The molecule has 5 rings (SSSR count). The van der Waals surface area contributed by atoms with Crippen molar-refractivity contribution in [3.63, 3.8) is 0 Å². The number of carbonyl (C=O) groups is 1. The fourth-order valence-electron chi connectivity index (χ4n) is 4.26. The quantitative estimate of drug-likeness (QED) is 0.151. The standard InChI is InChI=1S/C27H30N4O3Si/c1-33-18-9-10-20-22(15-29-24(20)13-18)26(32)27-30-16-25(31(27)17-34-11-12-35(2,3)4)21-14-28-23-8-6-5-7-19(21)23/h5-10,13-16,28-29H,11-12,17H2,1-4H3. The molecule has 0 aliphatic carbocycles. The van der Waals surface area contributed by atoms with E-state index in [1.807, 2.05) is 47.2 Å². The van der Waals surface area contributed by atoms with E-state index in [4.69, 9.17) is 9.47 Å². The summed E-state index contributed by atoms with van der Waals surface area (Å²) in [6.07, 6.45) is 5.47. The Labute approximate surface area is 205 Å². The van der Waals surface area contributed by atoms with Crippen molar-refractivity contribution >= 4 is 35.7 Å². The number of carbonyl (C=O) groups excluding carboxylic acids is 1. The Hall–Kier alpha value is -3.62. The number of para-hydroxylation sites is 1. The Balaban J connectivity index is 1.54. The van der Waals surface area contributed by atoms with Crippen LogP contribution in [0.25, 0.3) is 33.1 Å². The lowest BCUT2D eigenvalue weighted by molar-refractivity contribution is 0.0821. The predicted octanol–water partition coefficient (Wildman–Crippen LogP) is 6.06. The van der Waals surface area contributed by atoms with Crippen LogP contribution in [-0.2, 0) is 11.5 Å². The maximum Gasteiger partial charge on any atom is 0.230 e. The van der Waals surface area contributed by atoms with Gasteiger partial charge in [0.15, 0.2) is 5.82 Å². The lowest BCUT2D eigenvalue weighted by atomic mass is 10.1. The minimum absolute atomic E-state index is 0.152. The number of ketones is 1. The highest BCUT2D eigenvalue weighted by atomic mass is 28.3. The highest BCUT2D eigenvalue weighted by Crippen LogP contribution is 2.31. The summed E-state index contributed by atoms with van der Waals surface area (Å²) in [7, 11) is 0.390. The van der Waals surface area contributed by atoms with Crippen LogP contribution < -0.4 is 4.74 Å². The van der Waals surface area contributed by atoms with Crippen molar-refractivity contribution < 1.29 is 14.3 Å². The molecule has 0 radical (unpaired) electrons. The molecule has 3 aromatic heterocycles. The van der Waals surface area contributed by atoms with Crippen LogP contribution in [0, 0.1) is 0 Å². The Bertz CT molecular complexity index is 1510. The van der Waals surface area contributed by atoms with E-state index in [1.54, 1.807) is 19.5 Å². The van der Waals surface area contributed by atoms with Gasteiger partial charge in [0.25, 0.3) is 0 Å². The lowest BCUT2D eigenvalue weighted by Crippen LogP contribution is -2.22. The fourth-order valence-corrected chi connectivity index (χ4v) is 5.02. The minimum Gasteiger partial charge on any atom is -0.497 e. The average molecular weight is 487 g/mol. The van der Waals surface area contributed by atoms with Gasteiger partial charge in [-0.1, -0.05) is 37.8 Å². The third kappa shape index (κ3) is 4.54. The molecule has 0 unspecified atom stereocenters. The van der Waals surface area contributed by atoms with Crippen LogP contribution in [0.5, 0.6) is 5.75 Å². The summed E-state index contributed by atoms with van der Waals surface area (Å²) in [6.45, 7) is 7.89. The van der Waals surface area contributed by atoms with E-state index in [-0.39, 0.29) is 12.5 Å². The van der Waals surface area contributed by atoms with Gasteiger partial charge in [-0.2, -0.15) is 0 Å². The van der Waals surface area contributed by atoms with Crippen LogP contribution in [0.1, 0.15) is 16.2 Å². The SMILES string of the molecule is COc1ccc2c(C(=O)c3ncc(-c4c[nH]c5ccccc45)n3COCC[Si](C)(C)C)c[nH]c2c1. The van der Waals surface area contributed by atoms with Gasteiger partial charge in [0.05, 0.1) is 24.6 Å². The van der Waals surface area contributed by atoms with Gasteiger partial charge in [0.2, 0.25) is 5.78 Å². The lowest BCUT2D eigenvalue weighted by Gasteiger charge is -2.17. The van der Waals surface area contributed by atoms with E-state index in [9.17, 15) is 4.79 Å². The molecule has 0 saturated carbocycles. The first-order valence-corrected chi connectivity index (χ1v) is 15.5. The molecular formula is C27H30N4O3Si. The molecule has 180 valence electrons. The number of ether oxygens (including phenoxy) is 2. The zero-order valence-electron chi connectivity index (χ0n) is 20.5. The van der Waals surface area contributed by atoms with Gasteiger partial charge in [0.1, 0.15) is 12.5 Å². The molecule has 0 saturated heterocycles. The molecule has 7 nitrogen and oxygen atoms in total. The molecule has 2 N–H and O–H groups in total. The second-order valence-electron chi connectivity index (χ2n) is 9.93. The number of nitrogens with zero attached hydrogens (tertiary/aromatic N) is 2. The van der Waals surface area contributed by atoms with Crippen LogP contribution in [0.3, 0.4) is 0 Å². The van der Waals surface area contributed by atoms with Crippen molar-refractivity contribution in [3.05, 3.63) is 72.4 Å². The highest BCUT2D eigenvalue weighted by Gasteiger charge is 2.24. The van der Waals surface area contributed by atoms with Crippen LogP contribution in [0.2, 0.25) is 25.7 Å². The monoisotopic (exact) mass is 486 g/mol. The van der Waals surface area contributed by atoms with Crippen molar-refractivity contribution in [2.24, 2.45) is 0 Å². The van der Waals surface area contributed by atoms with E-state index in [0.717, 1.165) is 44.9 Å². The number of rotatable bonds is 9. The second kappa shape index (κ2) is 9.20. The normalized spacial score (nSPS) is 12.0. The smallest absolute Gasteiger partial charge is 0.230 e. The number of methoxy groups -OCH3 is 1. The molecule has 0 aliphatic heterocycles. The number of hydrogen-bond acceptors (Lipinski definition) is 4. The van der Waals surface area contributed by atoms with Crippen LogP contribution in [0.4, 0.5) is 0 Å². The zero-order chi connectivity index (χ0) is 24.6. The van der Waals surface area contributed by atoms with E-state index in [0.29, 0.717) is 18.0 Å². The minimum atomic E-state index is -1.24. The Morgan fingerprint density at radius 2 is 1.83 bits per heavy atom. The van der Waals surface area contributed by atoms with E-state index in [2.05, 4.69) is 40.7 Å². The van der Waals surface area contributed by atoms with Gasteiger partial charge in [-0.25, -0.2) is 4.98 Å². The van der Waals surface area contributed by atoms with Crippen LogP contribution >= 0.6 is 0 Å². The number of fused-ring (bicyclic) bond motifs is 2. The summed E-state index contributed by atoms with van der Waals surface area (Å²) in [6, 6.07) is 14.8. The number of aromatic amines is 2. The van der Waals surface area contributed by atoms with Crippen molar-refractivity contribution in [2.75, 3.05) is 13.7 Å². The van der Waals surface area contributed by atoms with Gasteiger partial charge in [-0.05, 0) is 24.2 Å². The summed E-state index contributed by atoms with van der Waals surface area (Å²) in [5.41, 5.74) is 4.29. The number of aromatic nitrogens is 4. The third-order valence-corrected chi connectivity index (χ3v) is 7.98. The summed E-state index contributed by atoms with van der Waals surface area (Å²) in [5.74, 6) is 0.938. The number of hydrogen-bond donors (Lipinski definition) is 2. The molecular weight excluding hydrogens is 456 g/mol. The molecule has 0 bridgehead atoms. The first-order chi connectivity index (χ1) is 16.9. The van der Waals surface area contributed by atoms with E-state index >= 15 is 0 Å². The van der Waals surface area contributed by atoms with Crippen molar-refractivity contribution in [2.45, 2.75) is 32.4 Å². The molecule has 0 aliphatic rings. The number of benzene rings is 2. The maximum atomic E-state index is 13.7. The van der Waals surface area contributed by atoms with Crippen LogP contribution in [-0.4, -0.2) is 47.1 Å². The molecule has 5 aromatic rings. The first kappa shape index (κ1) is 23.1. The van der Waals surface area contributed by atoms with Crippen molar-refractivity contribution in [1.82, 2.24) is 19.5 Å². The topological polar surface area (TPSA) is 84.9 Å². The zero-order valence-corrected chi connectivity index (χ0v) is 21.5. The van der Waals surface area contributed by atoms with Gasteiger partial charge in [-0.3, -0.25) is 9.36 Å². The summed E-state index contributed by atoms with van der Waals surface area (Å²) >= 11 is 0. The molecule has 35 heavy (non-hydrogen) atoms. The molecule has 0 spiro atoms. The maximum absolute atomic E-state index is 13.7. The highest BCUT2D eigenvalue weighted by molar-refractivity contribution is 6.76. The van der Waals surface area contributed by atoms with E-state index in [1.165, 1.54) is 0 Å². The Kier molecular flexibility index (Phi) is 6.08. The van der Waals surface area contributed by atoms with Crippen molar-refractivity contribution in [3.8, 4) is 17.0 Å². The van der Waals surface area contributed by atoms with Crippen LogP contribution in [0.15, 0.2) is 61.1 Å². The summed E-state index contributed by atoms with van der Waals surface area (Å²) in [4.78, 5) is 24.9. The first-order valence-electron chi connectivity index (χ1n) is 11.8. The van der Waals surface area contributed by atoms with Gasteiger partial charge < -0.3 is 19.4 Å². The Morgan fingerprint density at radius 1 is 1.03 bits per heavy atom. The third-order valence-electron chi connectivity index (χ3n) is 6.27. The summed E-state index contributed by atoms with van der Waals surface area (Å²) in [5, 5.41) is 1.91. The largest absolute Gasteiger partial charge is 0.497 e. The Morgan fingerprint density at radius 3 is 2.63 bits per heavy atom.